The summed E-state index contributed by atoms with van der Waals surface area (Å²) < 4.78 is 0. The van der Waals surface area contributed by atoms with Gasteiger partial charge in [-0.3, -0.25) is 0 Å². The Morgan fingerprint density at radius 2 is 1.47 bits per heavy atom. The van der Waals surface area contributed by atoms with Crippen molar-refractivity contribution < 1.29 is 5.11 Å². The number of hydrogen-bond acceptors (Lipinski definition) is 2. The van der Waals surface area contributed by atoms with Crippen LogP contribution in [0.1, 0.15) is 72.1 Å². The van der Waals surface area contributed by atoms with Gasteiger partial charge in [0, 0.05) is 6.61 Å². The summed E-state index contributed by atoms with van der Waals surface area (Å²) in [5, 5.41) is 11.0. The van der Waals surface area contributed by atoms with Crippen molar-refractivity contribution in [2.45, 2.75) is 72.1 Å². The number of nitrogens with one attached hydrogen (secondary N) is 1. The van der Waals surface area contributed by atoms with Crippen LogP contribution in [0.5, 0.6) is 0 Å². The maximum absolute atomic E-state index is 7.57. The van der Waals surface area contributed by atoms with Crippen LogP contribution in [0, 0.1) is 17.3 Å². The van der Waals surface area contributed by atoms with E-state index in [9.17, 15) is 0 Å². The number of piperidine rings is 1. The van der Waals surface area contributed by atoms with Crippen molar-refractivity contribution in [3.63, 3.8) is 0 Å². The van der Waals surface area contributed by atoms with Crippen LogP contribution in [0.15, 0.2) is 0 Å². The van der Waals surface area contributed by atoms with Crippen LogP contribution < -0.4 is 5.32 Å². The van der Waals surface area contributed by atoms with Gasteiger partial charge in [0.15, 0.2) is 0 Å². The number of hydrogen-bond donors (Lipinski definition) is 2. The second-order valence-corrected chi connectivity index (χ2v) is 6.89. The van der Waals surface area contributed by atoms with Gasteiger partial charge < -0.3 is 10.4 Å². The first-order valence-electron chi connectivity index (χ1n) is 8.45. The molecule has 0 unspecified atom stereocenters. The third-order valence-corrected chi connectivity index (χ3v) is 5.00. The molecule has 3 aliphatic rings. The lowest BCUT2D eigenvalue weighted by atomic mass is 9.55. The van der Waals surface area contributed by atoms with E-state index in [-0.39, 0.29) is 6.61 Å². The molecule has 0 radical (unpaired) electrons. The largest absolute Gasteiger partial charge is 0.397 e. The normalized spacial score (nSPS) is 24.5. The standard InChI is InChI=1S/C11H21N.C4H8.C2H6O/c1-9(2)10-7-11(8-10)3-5-12-6-4-11;1-2-4-3-1;1-2-3/h9-10,12H,3-8H2,1-2H3;1-4H2;3H,2H2,1H3. The quantitative estimate of drug-likeness (QED) is 0.754. The van der Waals surface area contributed by atoms with Crippen molar-refractivity contribution in [3.05, 3.63) is 0 Å². The van der Waals surface area contributed by atoms with Gasteiger partial charge in [-0.05, 0) is 62.9 Å². The lowest BCUT2D eigenvalue weighted by Crippen LogP contribution is -2.46. The van der Waals surface area contributed by atoms with E-state index in [4.69, 9.17) is 5.11 Å². The predicted molar refractivity (Wildman–Crippen MR) is 83.3 cm³/mol. The van der Waals surface area contributed by atoms with Crippen LogP contribution in [-0.2, 0) is 0 Å². The minimum atomic E-state index is 0.250. The maximum Gasteiger partial charge on any atom is 0.0402 e. The summed E-state index contributed by atoms with van der Waals surface area (Å²) in [4.78, 5) is 0. The summed E-state index contributed by atoms with van der Waals surface area (Å²) in [5.74, 6) is 1.97. The van der Waals surface area contributed by atoms with Crippen molar-refractivity contribution >= 4 is 0 Å². The first-order chi connectivity index (χ1) is 9.13. The van der Waals surface area contributed by atoms with Gasteiger partial charge in [-0.2, -0.15) is 0 Å². The average Bonchev–Trinajstić information content (AvgIpc) is 2.25. The molecule has 3 rings (SSSR count). The van der Waals surface area contributed by atoms with Gasteiger partial charge in [-0.15, -0.1) is 0 Å². The van der Waals surface area contributed by atoms with Gasteiger partial charge in [0.1, 0.15) is 0 Å². The highest BCUT2D eigenvalue weighted by Gasteiger charge is 2.44. The Hall–Kier alpha value is -0.0800. The number of aliphatic hydroxyl groups excluding tert-OH is 1. The monoisotopic (exact) mass is 269 g/mol. The molecule has 1 spiro atoms. The Morgan fingerprint density at radius 1 is 1.05 bits per heavy atom. The van der Waals surface area contributed by atoms with Gasteiger partial charge in [0.25, 0.3) is 0 Å². The molecule has 0 bridgehead atoms. The van der Waals surface area contributed by atoms with E-state index in [2.05, 4.69) is 19.2 Å². The van der Waals surface area contributed by atoms with Gasteiger partial charge in [0.05, 0.1) is 0 Å². The van der Waals surface area contributed by atoms with Crippen LogP contribution in [0.25, 0.3) is 0 Å². The van der Waals surface area contributed by atoms with Crippen LogP contribution in [0.2, 0.25) is 0 Å². The Bertz CT molecular complexity index is 205. The lowest BCUT2D eigenvalue weighted by Gasteiger charge is -2.52. The average molecular weight is 269 g/mol. The van der Waals surface area contributed by atoms with Crippen LogP contribution in [0.4, 0.5) is 0 Å². The zero-order chi connectivity index (χ0) is 14.1. The van der Waals surface area contributed by atoms with E-state index >= 15 is 0 Å². The molecular formula is C17H35NO. The van der Waals surface area contributed by atoms with E-state index in [1.54, 1.807) is 6.92 Å². The van der Waals surface area contributed by atoms with E-state index in [0.717, 1.165) is 17.3 Å². The minimum Gasteiger partial charge on any atom is -0.397 e. The molecule has 2 heteroatoms. The molecule has 0 aromatic heterocycles. The zero-order valence-electron chi connectivity index (χ0n) is 13.4. The summed E-state index contributed by atoms with van der Waals surface area (Å²) >= 11 is 0. The fourth-order valence-corrected chi connectivity index (χ4v) is 3.14. The van der Waals surface area contributed by atoms with Crippen molar-refractivity contribution in [2.75, 3.05) is 19.7 Å². The zero-order valence-corrected chi connectivity index (χ0v) is 13.4. The SMILES string of the molecule is C1CCC1.CC(C)C1CC2(CCNCC2)C1.CCO. The summed E-state index contributed by atoms with van der Waals surface area (Å²) in [7, 11) is 0. The first-order valence-corrected chi connectivity index (χ1v) is 8.45. The van der Waals surface area contributed by atoms with E-state index < -0.39 is 0 Å². The molecule has 114 valence electrons. The Balaban J connectivity index is 0.000000214. The molecule has 2 N–H and O–H groups in total. The van der Waals surface area contributed by atoms with Gasteiger partial charge in [-0.25, -0.2) is 0 Å². The lowest BCUT2D eigenvalue weighted by molar-refractivity contribution is -0.00191. The summed E-state index contributed by atoms with van der Waals surface area (Å²) in [6, 6.07) is 0. The molecule has 0 aromatic carbocycles. The summed E-state index contributed by atoms with van der Waals surface area (Å²) in [5.41, 5.74) is 0.792. The van der Waals surface area contributed by atoms with Crippen molar-refractivity contribution in [2.24, 2.45) is 17.3 Å². The molecule has 2 saturated carbocycles. The molecule has 0 aromatic rings. The molecule has 19 heavy (non-hydrogen) atoms. The Labute approximate surface area is 120 Å². The van der Waals surface area contributed by atoms with E-state index in [1.807, 2.05) is 0 Å². The van der Waals surface area contributed by atoms with Crippen molar-refractivity contribution in [1.82, 2.24) is 5.32 Å². The smallest absolute Gasteiger partial charge is 0.0402 e. The Kier molecular flexibility index (Phi) is 8.01. The van der Waals surface area contributed by atoms with Crippen LogP contribution >= 0.6 is 0 Å². The molecule has 1 aliphatic heterocycles. The minimum absolute atomic E-state index is 0.250. The third-order valence-electron chi connectivity index (χ3n) is 5.00. The van der Waals surface area contributed by atoms with Crippen LogP contribution in [-0.4, -0.2) is 24.8 Å². The van der Waals surface area contributed by atoms with Crippen LogP contribution in [0.3, 0.4) is 0 Å². The molecule has 1 saturated heterocycles. The molecule has 3 fully saturated rings. The highest BCUT2D eigenvalue weighted by Crippen LogP contribution is 2.53. The third kappa shape index (κ3) is 5.83. The van der Waals surface area contributed by atoms with E-state index in [1.165, 1.54) is 64.5 Å². The van der Waals surface area contributed by atoms with Gasteiger partial charge >= 0.3 is 0 Å². The second-order valence-electron chi connectivity index (χ2n) is 6.89. The summed E-state index contributed by atoms with van der Waals surface area (Å²) in [6.07, 6.45) is 11.9. The first kappa shape index (κ1) is 17.0. The fraction of sp³-hybridized carbons (Fsp3) is 1.00. The molecule has 0 atom stereocenters. The maximum atomic E-state index is 7.57. The predicted octanol–water partition coefficient (Wildman–Crippen LogP) is 3.98. The van der Waals surface area contributed by atoms with Crippen molar-refractivity contribution in [3.8, 4) is 0 Å². The molecular weight excluding hydrogens is 234 g/mol. The topological polar surface area (TPSA) is 32.3 Å². The van der Waals surface area contributed by atoms with E-state index in [0.29, 0.717) is 0 Å². The van der Waals surface area contributed by atoms with Gasteiger partial charge in [0.2, 0.25) is 0 Å². The molecule has 2 nitrogen and oxygen atoms in total. The number of aliphatic hydroxyl groups is 1. The second kappa shape index (κ2) is 8.97. The van der Waals surface area contributed by atoms with Crippen molar-refractivity contribution in [1.29, 1.82) is 0 Å². The summed E-state index contributed by atoms with van der Waals surface area (Å²) in [6.45, 7) is 9.22. The molecule has 1 heterocycles. The molecule has 0 amide bonds. The fourth-order valence-electron chi connectivity index (χ4n) is 3.14. The highest BCUT2D eigenvalue weighted by molar-refractivity contribution is 4.96. The number of rotatable bonds is 1. The molecule has 2 aliphatic carbocycles. The Morgan fingerprint density at radius 3 is 1.79 bits per heavy atom. The van der Waals surface area contributed by atoms with Gasteiger partial charge in [-0.1, -0.05) is 39.5 Å². The highest BCUT2D eigenvalue weighted by atomic mass is 16.2.